The predicted molar refractivity (Wildman–Crippen MR) is 48.8 cm³/mol. The Labute approximate surface area is 72.8 Å². The SMILES string of the molecule is CCC(CO)NCc1ccc[nH]1. The lowest BCUT2D eigenvalue weighted by atomic mass is 10.2. The fraction of sp³-hybridized carbons (Fsp3) is 0.556. The van der Waals surface area contributed by atoms with Gasteiger partial charge in [-0.3, -0.25) is 0 Å². The molecule has 3 heteroatoms. The summed E-state index contributed by atoms with van der Waals surface area (Å²) in [7, 11) is 0. The summed E-state index contributed by atoms with van der Waals surface area (Å²) in [4.78, 5) is 3.10. The number of aliphatic hydroxyl groups is 1. The Hall–Kier alpha value is -0.800. The zero-order chi connectivity index (χ0) is 8.81. The summed E-state index contributed by atoms with van der Waals surface area (Å²) >= 11 is 0. The first-order chi connectivity index (χ1) is 5.86. The van der Waals surface area contributed by atoms with Crippen LogP contribution < -0.4 is 5.32 Å². The van der Waals surface area contributed by atoms with Crippen molar-refractivity contribution in [2.45, 2.75) is 25.9 Å². The van der Waals surface area contributed by atoms with Crippen LogP contribution in [-0.4, -0.2) is 22.7 Å². The summed E-state index contributed by atoms with van der Waals surface area (Å²) in [6.45, 7) is 3.06. The van der Waals surface area contributed by atoms with Crippen LogP contribution in [0.3, 0.4) is 0 Å². The van der Waals surface area contributed by atoms with E-state index in [2.05, 4.69) is 17.2 Å². The van der Waals surface area contributed by atoms with Crippen LogP contribution in [0.1, 0.15) is 19.0 Å². The number of nitrogens with one attached hydrogen (secondary N) is 2. The van der Waals surface area contributed by atoms with Crippen molar-refractivity contribution in [1.82, 2.24) is 10.3 Å². The Morgan fingerprint density at radius 3 is 3.00 bits per heavy atom. The van der Waals surface area contributed by atoms with Crippen molar-refractivity contribution in [1.29, 1.82) is 0 Å². The monoisotopic (exact) mass is 168 g/mol. The number of aromatic amines is 1. The normalized spacial score (nSPS) is 13.2. The molecular weight excluding hydrogens is 152 g/mol. The number of hydrogen-bond donors (Lipinski definition) is 3. The molecular formula is C9H16N2O. The first-order valence-electron chi connectivity index (χ1n) is 4.33. The third-order valence-electron chi connectivity index (χ3n) is 1.96. The van der Waals surface area contributed by atoms with Gasteiger partial charge in [0.1, 0.15) is 0 Å². The van der Waals surface area contributed by atoms with Gasteiger partial charge in [-0.25, -0.2) is 0 Å². The highest BCUT2D eigenvalue weighted by molar-refractivity contribution is 5.03. The van der Waals surface area contributed by atoms with E-state index in [1.807, 2.05) is 18.3 Å². The van der Waals surface area contributed by atoms with Gasteiger partial charge in [0.25, 0.3) is 0 Å². The average molecular weight is 168 g/mol. The third-order valence-corrected chi connectivity index (χ3v) is 1.96. The zero-order valence-corrected chi connectivity index (χ0v) is 7.38. The van der Waals surface area contributed by atoms with Gasteiger partial charge in [0.15, 0.2) is 0 Å². The van der Waals surface area contributed by atoms with E-state index < -0.39 is 0 Å². The van der Waals surface area contributed by atoms with E-state index in [1.165, 1.54) is 0 Å². The van der Waals surface area contributed by atoms with Gasteiger partial charge < -0.3 is 15.4 Å². The second-order valence-corrected chi connectivity index (χ2v) is 2.86. The van der Waals surface area contributed by atoms with E-state index in [9.17, 15) is 0 Å². The predicted octanol–water partition coefficient (Wildman–Crippen LogP) is 0.875. The summed E-state index contributed by atoms with van der Waals surface area (Å²) in [5, 5.41) is 12.1. The Balaban J connectivity index is 2.25. The van der Waals surface area contributed by atoms with Crippen LogP contribution in [0.2, 0.25) is 0 Å². The molecule has 1 atom stereocenters. The van der Waals surface area contributed by atoms with Crippen LogP contribution in [0.5, 0.6) is 0 Å². The van der Waals surface area contributed by atoms with Crippen molar-refractivity contribution in [2.24, 2.45) is 0 Å². The second kappa shape index (κ2) is 4.95. The Morgan fingerprint density at radius 1 is 1.67 bits per heavy atom. The van der Waals surface area contributed by atoms with Crippen molar-refractivity contribution in [3.63, 3.8) is 0 Å². The van der Waals surface area contributed by atoms with Crippen molar-refractivity contribution >= 4 is 0 Å². The van der Waals surface area contributed by atoms with Crippen LogP contribution in [0, 0.1) is 0 Å². The van der Waals surface area contributed by atoms with E-state index in [-0.39, 0.29) is 12.6 Å². The lowest BCUT2D eigenvalue weighted by Gasteiger charge is -2.12. The highest BCUT2D eigenvalue weighted by Crippen LogP contribution is 1.95. The number of H-pyrrole nitrogens is 1. The molecule has 1 heterocycles. The molecule has 0 aromatic carbocycles. The molecule has 1 unspecified atom stereocenters. The summed E-state index contributed by atoms with van der Waals surface area (Å²) in [5.41, 5.74) is 1.15. The van der Waals surface area contributed by atoms with Crippen LogP contribution in [0.15, 0.2) is 18.3 Å². The van der Waals surface area contributed by atoms with Crippen LogP contribution >= 0.6 is 0 Å². The molecule has 0 radical (unpaired) electrons. The standard InChI is InChI=1S/C9H16N2O/c1-2-8(7-12)11-6-9-4-3-5-10-9/h3-5,8,10-12H,2,6-7H2,1H3. The van der Waals surface area contributed by atoms with Crippen LogP contribution in [0.25, 0.3) is 0 Å². The van der Waals surface area contributed by atoms with Crippen molar-refractivity contribution < 1.29 is 5.11 Å². The number of hydrogen-bond acceptors (Lipinski definition) is 2. The molecule has 3 nitrogen and oxygen atoms in total. The fourth-order valence-corrected chi connectivity index (χ4v) is 1.07. The molecule has 0 aliphatic heterocycles. The van der Waals surface area contributed by atoms with Gasteiger partial charge in [0.2, 0.25) is 0 Å². The quantitative estimate of drug-likeness (QED) is 0.611. The van der Waals surface area contributed by atoms with Crippen molar-refractivity contribution in [2.75, 3.05) is 6.61 Å². The Morgan fingerprint density at radius 2 is 2.50 bits per heavy atom. The third kappa shape index (κ3) is 2.68. The van der Waals surface area contributed by atoms with Gasteiger partial charge >= 0.3 is 0 Å². The van der Waals surface area contributed by atoms with Gasteiger partial charge in [0.05, 0.1) is 6.61 Å². The number of rotatable bonds is 5. The lowest BCUT2D eigenvalue weighted by Crippen LogP contribution is -2.31. The van der Waals surface area contributed by atoms with Gasteiger partial charge in [-0.05, 0) is 18.6 Å². The first kappa shape index (κ1) is 9.29. The van der Waals surface area contributed by atoms with E-state index in [1.54, 1.807) is 0 Å². The summed E-state index contributed by atoms with van der Waals surface area (Å²) in [5.74, 6) is 0. The van der Waals surface area contributed by atoms with Crippen molar-refractivity contribution in [3.8, 4) is 0 Å². The Kier molecular flexibility index (Phi) is 3.84. The average Bonchev–Trinajstić information content (AvgIpc) is 2.59. The summed E-state index contributed by atoms with van der Waals surface area (Å²) in [6.07, 6.45) is 2.86. The molecule has 1 aromatic heterocycles. The molecule has 68 valence electrons. The molecule has 0 amide bonds. The molecule has 1 rings (SSSR count). The van der Waals surface area contributed by atoms with E-state index in [0.29, 0.717) is 0 Å². The van der Waals surface area contributed by atoms with Gasteiger partial charge in [0, 0.05) is 24.5 Å². The maximum atomic E-state index is 8.88. The van der Waals surface area contributed by atoms with E-state index in [4.69, 9.17) is 5.11 Å². The molecule has 3 N–H and O–H groups in total. The summed E-state index contributed by atoms with van der Waals surface area (Å²) in [6, 6.07) is 4.21. The molecule has 0 fully saturated rings. The highest BCUT2D eigenvalue weighted by Gasteiger charge is 2.02. The second-order valence-electron chi connectivity index (χ2n) is 2.86. The minimum absolute atomic E-state index is 0.206. The van der Waals surface area contributed by atoms with Gasteiger partial charge in [-0.15, -0.1) is 0 Å². The lowest BCUT2D eigenvalue weighted by molar-refractivity contribution is 0.238. The maximum Gasteiger partial charge on any atom is 0.0584 e. The molecule has 1 aromatic rings. The highest BCUT2D eigenvalue weighted by atomic mass is 16.3. The van der Waals surface area contributed by atoms with Gasteiger partial charge in [-0.2, -0.15) is 0 Å². The molecule has 0 spiro atoms. The largest absolute Gasteiger partial charge is 0.395 e. The van der Waals surface area contributed by atoms with E-state index in [0.717, 1.165) is 18.7 Å². The number of aliphatic hydroxyl groups excluding tert-OH is 1. The summed E-state index contributed by atoms with van der Waals surface area (Å²) < 4.78 is 0. The number of aromatic nitrogens is 1. The molecule has 12 heavy (non-hydrogen) atoms. The topological polar surface area (TPSA) is 48.0 Å². The fourth-order valence-electron chi connectivity index (χ4n) is 1.07. The van der Waals surface area contributed by atoms with Crippen molar-refractivity contribution in [3.05, 3.63) is 24.0 Å². The smallest absolute Gasteiger partial charge is 0.0584 e. The molecule has 0 bridgehead atoms. The minimum Gasteiger partial charge on any atom is -0.395 e. The zero-order valence-electron chi connectivity index (χ0n) is 7.38. The molecule has 0 saturated carbocycles. The first-order valence-corrected chi connectivity index (χ1v) is 4.33. The van der Waals surface area contributed by atoms with Crippen LogP contribution in [-0.2, 0) is 6.54 Å². The molecule has 0 aliphatic carbocycles. The molecule has 0 aliphatic rings. The molecule has 0 saturated heterocycles. The van der Waals surface area contributed by atoms with Crippen LogP contribution in [0.4, 0.5) is 0 Å². The van der Waals surface area contributed by atoms with Gasteiger partial charge in [-0.1, -0.05) is 6.92 Å². The van der Waals surface area contributed by atoms with E-state index >= 15 is 0 Å². The minimum atomic E-state index is 0.206. The Bertz CT molecular complexity index is 192. The maximum absolute atomic E-state index is 8.88.